The second-order valence-corrected chi connectivity index (χ2v) is 7.49. The fraction of sp³-hybridized carbons (Fsp3) is 0.533. The predicted molar refractivity (Wildman–Crippen MR) is 77.7 cm³/mol. The topological polar surface area (TPSA) is 63.7 Å². The summed E-state index contributed by atoms with van der Waals surface area (Å²) in [4.78, 5) is 11.5. The number of hydrogen-bond acceptors (Lipinski definition) is 4. The van der Waals surface area contributed by atoms with E-state index in [0.29, 0.717) is 18.7 Å². The SMILES string of the molecule is CC(=O)c1ccc(S(=O)(=O)N2CCOC3CCCC32)cc1. The molecule has 0 N–H and O–H groups in total. The third-order valence-electron chi connectivity index (χ3n) is 4.30. The van der Waals surface area contributed by atoms with Crippen LogP contribution in [-0.4, -0.2) is 43.8 Å². The number of ether oxygens (including phenoxy) is 1. The summed E-state index contributed by atoms with van der Waals surface area (Å²) < 4.78 is 32.8. The lowest BCUT2D eigenvalue weighted by Gasteiger charge is -2.36. The van der Waals surface area contributed by atoms with Crippen molar-refractivity contribution >= 4 is 15.8 Å². The second kappa shape index (κ2) is 5.51. The van der Waals surface area contributed by atoms with E-state index in [1.165, 1.54) is 19.1 Å². The minimum atomic E-state index is -3.52. The zero-order valence-electron chi connectivity index (χ0n) is 12.0. The summed E-state index contributed by atoms with van der Waals surface area (Å²) in [5, 5.41) is 0. The van der Waals surface area contributed by atoms with Gasteiger partial charge in [-0.3, -0.25) is 4.79 Å². The Morgan fingerprint density at radius 3 is 2.62 bits per heavy atom. The van der Waals surface area contributed by atoms with E-state index in [1.54, 1.807) is 16.4 Å². The zero-order valence-corrected chi connectivity index (χ0v) is 12.8. The number of hydrogen-bond donors (Lipinski definition) is 0. The van der Waals surface area contributed by atoms with Crippen LogP contribution in [0.2, 0.25) is 0 Å². The van der Waals surface area contributed by atoms with E-state index in [-0.39, 0.29) is 22.8 Å². The van der Waals surface area contributed by atoms with Crippen molar-refractivity contribution in [3.8, 4) is 0 Å². The van der Waals surface area contributed by atoms with Gasteiger partial charge in [-0.05, 0) is 38.3 Å². The van der Waals surface area contributed by atoms with Crippen LogP contribution in [-0.2, 0) is 14.8 Å². The molecule has 2 atom stereocenters. The summed E-state index contributed by atoms with van der Waals surface area (Å²) in [6.07, 6.45) is 2.82. The Morgan fingerprint density at radius 2 is 1.95 bits per heavy atom. The molecule has 0 spiro atoms. The molecule has 0 radical (unpaired) electrons. The number of fused-ring (bicyclic) bond motifs is 1. The number of sulfonamides is 1. The smallest absolute Gasteiger partial charge is 0.243 e. The molecule has 1 aromatic rings. The number of carbonyl (C=O) groups is 1. The molecular formula is C15H19NO4S. The van der Waals surface area contributed by atoms with E-state index in [2.05, 4.69) is 0 Å². The third-order valence-corrected chi connectivity index (χ3v) is 6.24. The highest BCUT2D eigenvalue weighted by Gasteiger charge is 2.42. The van der Waals surface area contributed by atoms with Crippen molar-refractivity contribution in [1.29, 1.82) is 0 Å². The van der Waals surface area contributed by atoms with Crippen LogP contribution < -0.4 is 0 Å². The average molecular weight is 309 g/mol. The first-order valence-corrected chi connectivity index (χ1v) is 8.68. The van der Waals surface area contributed by atoms with Crippen LogP contribution >= 0.6 is 0 Å². The van der Waals surface area contributed by atoms with Gasteiger partial charge in [-0.2, -0.15) is 4.31 Å². The summed E-state index contributed by atoms with van der Waals surface area (Å²) in [5.41, 5.74) is 0.523. The molecule has 3 rings (SSSR count). The molecule has 0 amide bonds. The van der Waals surface area contributed by atoms with E-state index < -0.39 is 10.0 Å². The predicted octanol–water partition coefficient (Wildman–Crippen LogP) is 1.83. The normalized spacial score (nSPS) is 26.5. The molecule has 1 saturated heterocycles. The van der Waals surface area contributed by atoms with Crippen molar-refractivity contribution in [2.24, 2.45) is 0 Å². The highest BCUT2D eigenvalue weighted by atomic mass is 32.2. The van der Waals surface area contributed by atoms with Crippen molar-refractivity contribution in [2.45, 2.75) is 43.2 Å². The number of rotatable bonds is 3. The van der Waals surface area contributed by atoms with Crippen molar-refractivity contribution in [1.82, 2.24) is 4.31 Å². The lowest BCUT2D eigenvalue weighted by Crippen LogP contribution is -2.51. The fourth-order valence-electron chi connectivity index (χ4n) is 3.19. The van der Waals surface area contributed by atoms with Gasteiger partial charge in [-0.1, -0.05) is 12.1 Å². The molecule has 1 aliphatic carbocycles. The molecule has 1 aliphatic heterocycles. The monoisotopic (exact) mass is 309 g/mol. The highest BCUT2D eigenvalue weighted by molar-refractivity contribution is 7.89. The van der Waals surface area contributed by atoms with Gasteiger partial charge in [-0.15, -0.1) is 0 Å². The van der Waals surface area contributed by atoms with Crippen LogP contribution in [0, 0.1) is 0 Å². The maximum absolute atomic E-state index is 12.8. The largest absolute Gasteiger partial charge is 0.375 e. The Balaban J connectivity index is 1.90. The number of ketones is 1. The van der Waals surface area contributed by atoms with Crippen LogP contribution in [0.1, 0.15) is 36.5 Å². The molecule has 2 fully saturated rings. The Hall–Kier alpha value is -1.24. The van der Waals surface area contributed by atoms with Gasteiger partial charge in [0, 0.05) is 12.1 Å². The molecule has 1 saturated carbocycles. The lowest BCUT2D eigenvalue weighted by molar-refractivity contribution is -0.0241. The molecule has 114 valence electrons. The van der Waals surface area contributed by atoms with E-state index in [9.17, 15) is 13.2 Å². The Kier molecular flexibility index (Phi) is 3.86. The van der Waals surface area contributed by atoms with Crippen molar-refractivity contribution < 1.29 is 17.9 Å². The van der Waals surface area contributed by atoms with E-state index in [4.69, 9.17) is 4.74 Å². The molecular weight excluding hydrogens is 290 g/mol. The van der Waals surface area contributed by atoms with Gasteiger partial charge in [0.15, 0.2) is 5.78 Å². The number of Topliss-reactive ketones (excluding diaryl/α,β-unsaturated/α-hetero) is 1. The quantitative estimate of drug-likeness (QED) is 0.799. The first-order valence-electron chi connectivity index (χ1n) is 7.24. The minimum absolute atomic E-state index is 0.0324. The van der Waals surface area contributed by atoms with Gasteiger partial charge in [-0.25, -0.2) is 8.42 Å². The molecule has 2 aliphatic rings. The Labute approximate surface area is 124 Å². The summed E-state index contributed by atoms with van der Waals surface area (Å²) in [6.45, 7) is 2.32. The number of morpholine rings is 1. The molecule has 0 bridgehead atoms. The highest BCUT2D eigenvalue weighted by Crippen LogP contribution is 2.33. The van der Waals surface area contributed by atoms with Gasteiger partial charge in [0.25, 0.3) is 0 Å². The van der Waals surface area contributed by atoms with E-state index in [1.807, 2.05) is 0 Å². The van der Waals surface area contributed by atoms with Crippen LogP contribution in [0.4, 0.5) is 0 Å². The van der Waals surface area contributed by atoms with Gasteiger partial charge in [0.05, 0.1) is 23.6 Å². The van der Waals surface area contributed by atoms with Crippen LogP contribution in [0.15, 0.2) is 29.2 Å². The maximum atomic E-state index is 12.8. The van der Waals surface area contributed by atoms with Gasteiger partial charge >= 0.3 is 0 Å². The molecule has 1 aromatic carbocycles. The van der Waals surface area contributed by atoms with Gasteiger partial charge < -0.3 is 4.74 Å². The molecule has 0 aromatic heterocycles. The molecule has 2 unspecified atom stereocenters. The molecule has 5 nitrogen and oxygen atoms in total. The van der Waals surface area contributed by atoms with Crippen molar-refractivity contribution in [3.05, 3.63) is 29.8 Å². The minimum Gasteiger partial charge on any atom is -0.375 e. The van der Waals surface area contributed by atoms with Crippen LogP contribution in [0.5, 0.6) is 0 Å². The van der Waals surface area contributed by atoms with Crippen LogP contribution in [0.25, 0.3) is 0 Å². The summed E-state index contributed by atoms with van der Waals surface area (Å²) in [6, 6.07) is 6.14. The summed E-state index contributed by atoms with van der Waals surface area (Å²) in [5.74, 6) is -0.0684. The first kappa shape index (κ1) is 14.7. The number of carbonyl (C=O) groups excluding carboxylic acids is 1. The molecule has 1 heterocycles. The fourth-order valence-corrected chi connectivity index (χ4v) is 4.85. The second-order valence-electron chi connectivity index (χ2n) is 5.60. The standard InChI is InChI=1S/C15H19NO4S/c1-11(17)12-5-7-13(8-6-12)21(18,19)16-9-10-20-15-4-2-3-14(15)16/h5-8,14-15H,2-4,9-10H2,1H3. The average Bonchev–Trinajstić information content (AvgIpc) is 2.95. The molecule has 6 heteroatoms. The zero-order chi connectivity index (χ0) is 15.0. The van der Waals surface area contributed by atoms with Gasteiger partial charge in [0.2, 0.25) is 10.0 Å². The summed E-state index contributed by atoms with van der Waals surface area (Å²) >= 11 is 0. The van der Waals surface area contributed by atoms with E-state index >= 15 is 0 Å². The first-order chi connectivity index (χ1) is 10.00. The third kappa shape index (κ3) is 2.63. The Morgan fingerprint density at radius 1 is 1.24 bits per heavy atom. The summed E-state index contributed by atoms with van der Waals surface area (Å²) in [7, 11) is -3.52. The molecule has 21 heavy (non-hydrogen) atoms. The number of nitrogens with zero attached hydrogens (tertiary/aromatic N) is 1. The van der Waals surface area contributed by atoms with Crippen LogP contribution in [0.3, 0.4) is 0 Å². The van der Waals surface area contributed by atoms with Crippen molar-refractivity contribution in [2.75, 3.05) is 13.2 Å². The lowest BCUT2D eigenvalue weighted by atomic mass is 10.2. The maximum Gasteiger partial charge on any atom is 0.243 e. The number of benzene rings is 1. The van der Waals surface area contributed by atoms with Gasteiger partial charge in [0.1, 0.15) is 0 Å². The van der Waals surface area contributed by atoms with E-state index in [0.717, 1.165) is 19.3 Å². The Bertz CT molecular complexity index is 638. The van der Waals surface area contributed by atoms with Crippen molar-refractivity contribution in [3.63, 3.8) is 0 Å².